The molecule has 0 aromatic heterocycles. The predicted octanol–water partition coefficient (Wildman–Crippen LogP) is 7.65. The second-order valence-corrected chi connectivity index (χ2v) is 21.1. The van der Waals surface area contributed by atoms with Crippen LogP contribution in [0.25, 0.3) is 0 Å². The molecule has 0 radical (unpaired) electrons. The summed E-state index contributed by atoms with van der Waals surface area (Å²) in [6.07, 6.45) is 0.0708. The zero-order chi connectivity index (χ0) is 28.3. The second kappa shape index (κ2) is 16.0. The van der Waals surface area contributed by atoms with Crippen molar-refractivity contribution in [2.24, 2.45) is 17.8 Å². The molecule has 2 rings (SSSR count). The van der Waals surface area contributed by atoms with Crippen molar-refractivity contribution < 1.29 is 23.4 Å². The molecule has 1 aliphatic heterocycles. The lowest BCUT2D eigenvalue weighted by molar-refractivity contribution is -0.0399. The van der Waals surface area contributed by atoms with Crippen LogP contribution in [-0.4, -0.2) is 59.4 Å². The van der Waals surface area contributed by atoms with Crippen molar-refractivity contribution in [1.82, 2.24) is 0 Å². The van der Waals surface area contributed by atoms with E-state index in [0.717, 1.165) is 36.3 Å². The van der Waals surface area contributed by atoms with E-state index in [4.69, 9.17) is 18.3 Å². The molecule has 7 heteroatoms. The highest BCUT2D eigenvalue weighted by Gasteiger charge is 2.50. The van der Waals surface area contributed by atoms with Crippen LogP contribution in [0.3, 0.4) is 0 Å². The number of epoxide rings is 1. The van der Waals surface area contributed by atoms with Gasteiger partial charge in [-0.25, -0.2) is 0 Å². The standard InChI is InChI=1S/C31H58O5Si2/c1-10-37(11-2,12-3)35-29(24(7)22-33-23-27-19-17-16-18-20-27)25(8)30(26(9)31-28(21-32)34-31)36-38(13-4,14-5)15-6/h16-20,24-26,28-32H,10-15,21-23H2,1-9H3/t24-,25-,26-,28+,29-,30-,31+/m1/s1. The number of rotatable bonds is 20. The second-order valence-electron chi connectivity index (χ2n) is 11.7. The average molecular weight is 567 g/mol. The maximum atomic E-state index is 9.76. The minimum atomic E-state index is -1.88. The van der Waals surface area contributed by atoms with Gasteiger partial charge in [-0.3, -0.25) is 0 Å². The smallest absolute Gasteiger partial charge is 0.192 e. The fourth-order valence-electron chi connectivity index (χ4n) is 6.18. The SMILES string of the molecule is CC[Si](CC)(CC)O[C@@H]([C@@H](C)[C@@H]1O[C@H]1CO)[C@H](C)[C@H](O[Si](CC)(CC)CC)[C@H](C)COCc1ccccc1. The Kier molecular flexibility index (Phi) is 14.2. The average Bonchev–Trinajstić information content (AvgIpc) is 3.75. The van der Waals surface area contributed by atoms with Gasteiger partial charge in [0.15, 0.2) is 16.6 Å². The van der Waals surface area contributed by atoms with Crippen molar-refractivity contribution in [3.8, 4) is 0 Å². The molecule has 0 spiro atoms. The third kappa shape index (κ3) is 8.72. The van der Waals surface area contributed by atoms with Gasteiger partial charge in [0, 0.05) is 17.8 Å². The van der Waals surface area contributed by atoms with Gasteiger partial charge in [-0.1, -0.05) is 92.6 Å². The van der Waals surface area contributed by atoms with E-state index in [1.807, 2.05) is 6.07 Å². The molecule has 1 heterocycles. The first-order chi connectivity index (χ1) is 18.2. The van der Waals surface area contributed by atoms with Crippen molar-refractivity contribution in [2.45, 2.75) is 130 Å². The Bertz CT molecular complexity index is 754. The zero-order valence-electron chi connectivity index (χ0n) is 25.9. The van der Waals surface area contributed by atoms with Crippen LogP contribution >= 0.6 is 0 Å². The molecule has 0 bridgehead atoms. The van der Waals surface area contributed by atoms with E-state index >= 15 is 0 Å². The van der Waals surface area contributed by atoms with Gasteiger partial charge in [0.1, 0.15) is 6.10 Å². The lowest BCUT2D eigenvalue weighted by Gasteiger charge is -2.45. The topological polar surface area (TPSA) is 60.5 Å². The lowest BCUT2D eigenvalue weighted by atomic mass is 9.83. The highest BCUT2D eigenvalue weighted by Crippen LogP contribution is 2.41. The number of benzene rings is 1. The molecule has 0 aliphatic carbocycles. The van der Waals surface area contributed by atoms with Gasteiger partial charge < -0.3 is 23.4 Å². The molecule has 1 aromatic rings. The molecule has 5 nitrogen and oxygen atoms in total. The van der Waals surface area contributed by atoms with Crippen molar-refractivity contribution in [1.29, 1.82) is 0 Å². The zero-order valence-corrected chi connectivity index (χ0v) is 27.9. The minimum absolute atomic E-state index is 0.0295. The van der Waals surface area contributed by atoms with Gasteiger partial charge >= 0.3 is 0 Å². The van der Waals surface area contributed by atoms with E-state index in [1.165, 1.54) is 5.56 Å². The van der Waals surface area contributed by atoms with Crippen molar-refractivity contribution >= 4 is 16.6 Å². The Morgan fingerprint density at radius 2 is 1.29 bits per heavy atom. The Labute approximate surface area is 236 Å². The molecule has 1 aliphatic rings. The van der Waals surface area contributed by atoms with Gasteiger partial charge in [0.25, 0.3) is 0 Å². The molecule has 1 saturated heterocycles. The summed E-state index contributed by atoms with van der Waals surface area (Å²) in [5.74, 6) is 0.623. The summed E-state index contributed by atoms with van der Waals surface area (Å²) in [5.41, 5.74) is 1.20. The monoisotopic (exact) mass is 566 g/mol. The summed E-state index contributed by atoms with van der Waals surface area (Å²) in [6.45, 7) is 22.1. The predicted molar refractivity (Wildman–Crippen MR) is 163 cm³/mol. The van der Waals surface area contributed by atoms with Gasteiger partial charge in [0.05, 0.1) is 38.1 Å². The number of aliphatic hydroxyl groups excluding tert-OH is 1. The van der Waals surface area contributed by atoms with Crippen LogP contribution in [-0.2, 0) is 24.9 Å². The first-order valence-corrected chi connectivity index (χ1v) is 20.5. The van der Waals surface area contributed by atoms with E-state index in [1.54, 1.807) is 0 Å². The van der Waals surface area contributed by atoms with Crippen LogP contribution < -0.4 is 0 Å². The van der Waals surface area contributed by atoms with Crippen LogP contribution in [0.2, 0.25) is 36.3 Å². The van der Waals surface area contributed by atoms with E-state index in [0.29, 0.717) is 13.2 Å². The van der Waals surface area contributed by atoms with Gasteiger partial charge in [-0.05, 0) is 41.8 Å². The summed E-state index contributed by atoms with van der Waals surface area (Å²) < 4.78 is 26.8. The molecule has 0 amide bonds. The van der Waals surface area contributed by atoms with Gasteiger partial charge in [-0.15, -0.1) is 0 Å². The minimum Gasteiger partial charge on any atom is -0.413 e. The number of ether oxygens (including phenoxy) is 2. The molecule has 38 heavy (non-hydrogen) atoms. The molecule has 1 aromatic carbocycles. The van der Waals surface area contributed by atoms with E-state index in [-0.39, 0.29) is 48.8 Å². The third-order valence-corrected chi connectivity index (χ3v) is 18.8. The van der Waals surface area contributed by atoms with Crippen LogP contribution in [0.4, 0.5) is 0 Å². The fourth-order valence-corrected chi connectivity index (χ4v) is 12.2. The first-order valence-electron chi connectivity index (χ1n) is 15.4. The third-order valence-electron chi connectivity index (χ3n) is 9.57. The van der Waals surface area contributed by atoms with Crippen LogP contribution in [0.1, 0.15) is 67.9 Å². The summed E-state index contributed by atoms with van der Waals surface area (Å²) in [4.78, 5) is 0. The highest BCUT2D eigenvalue weighted by molar-refractivity contribution is 6.74. The Hall–Kier alpha value is -0.546. The summed E-state index contributed by atoms with van der Waals surface area (Å²) in [6, 6.07) is 17.1. The normalized spacial score (nSPS) is 22.1. The molecular weight excluding hydrogens is 509 g/mol. The summed E-state index contributed by atoms with van der Waals surface area (Å²) in [7, 11) is -3.76. The molecule has 220 valence electrons. The van der Waals surface area contributed by atoms with Crippen LogP contribution in [0.5, 0.6) is 0 Å². The van der Waals surface area contributed by atoms with Crippen molar-refractivity contribution in [3.63, 3.8) is 0 Å². The van der Waals surface area contributed by atoms with Crippen molar-refractivity contribution in [3.05, 3.63) is 35.9 Å². The summed E-state index contributed by atoms with van der Waals surface area (Å²) >= 11 is 0. The number of aliphatic hydroxyl groups is 1. The van der Waals surface area contributed by atoms with E-state index < -0.39 is 16.6 Å². The Morgan fingerprint density at radius 1 is 0.789 bits per heavy atom. The fraction of sp³-hybridized carbons (Fsp3) is 0.806. The van der Waals surface area contributed by atoms with Gasteiger partial charge in [-0.2, -0.15) is 0 Å². The molecule has 0 saturated carbocycles. The quantitative estimate of drug-likeness (QED) is 0.130. The largest absolute Gasteiger partial charge is 0.413 e. The number of hydrogen-bond donors (Lipinski definition) is 1. The molecule has 7 atom stereocenters. The van der Waals surface area contributed by atoms with E-state index in [2.05, 4.69) is 86.6 Å². The Balaban J connectivity index is 2.35. The van der Waals surface area contributed by atoms with Crippen LogP contribution in [0.15, 0.2) is 30.3 Å². The van der Waals surface area contributed by atoms with Gasteiger partial charge in [0.2, 0.25) is 0 Å². The maximum Gasteiger partial charge on any atom is 0.192 e. The van der Waals surface area contributed by atoms with E-state index in [9.17, 15) is 5.11 Å². The summed E-state index contributed by atoms with van der Waals surface area (Å²) in [5, 5.41) is 9.76. The first kappa shape index (κ1) is 33.7. The molecule has 0 unspecified atom stereocenters. The Morgan fingerprint density at radius 3 is 1.74 bits per heavy atom. The van der Waals surface area contributed by atoms with Crippen molar-refractivity contribution in [2.75, 3.05) is 13.2 Å². The maximum absolute atomic E-state index is 9.76. The van der Waals surface area contributed by atoms with Crippen LogP contribution in [0, 0.1) is 17.8 Å². The number of hydrogen-bond acceptors (Lipinski definition) is 5. The molecule has 1 fully saturated rings. The highest BCUT2D eigenvalue weighted by atomic mass is 28.4. The molecule has 1 N–H and O–H groups in total. The lowest BCUT2D eigenvalue weighted by Crippen LogP contribution is -2.53. The molecular formula is C31H58O5Si2.